The van der Waals surface area contributed by atoms with Gasteiger partial charge in [0.1, 0.15) is 41.0 Å². The van der Waals surface area contributed by atoms with Crippen LogP contribution in [0.4, 0.5) is 0 Å². The van der Waals surface area contributed by atoms with Crippen LogP contribution < -0.4 is 9.47 Å². The van der Waals surface area contributed by atoms with Gasteiger partial charge in [-0.25, -0.2) is 0 Å². The summed E-state index contributed by atoms with van der Waals surface area (Å²) in [4.78, 5) is 0. The minimum Gasteiger partial charge on any atom is -0.494 e. The number of allylic oxidation sites excluding steroid dienone is 1. The molecule has 0 radical (unpaired) electrons. The first-order valence-corrected chi connectivity index (χ1v) is 11.4. The van der Waals surface area contributed by atoms with Gasteiger partial charge < -0.3 is 40.1 Å². The minimum absolute atomic E-state index is 0.00850. The summed E-state index contributed by atoms with van der Waals surface area (Å²) < 4.78 is 11.0. The average Bonchev–Trinajstić information content (AvgIpc) is 2.86. The van der Waals surface area contributed by atoms with E-state index in [1.807, 2.05) is 6.92 Å². The van der Waals surface area contributed by atoms with Gasteiger partial charge in [0.25, 0.3) is 0 Å². The third-order valence-corrected chi connectivity index (χ3v) is 5.79. The monoisotopic (exact) mass is 476 g/mol. The normalized spacial score (nSPS) is 18.0. The number of benzene rings is 2. The Balaban J connectivity index is 2.73. The molecule has 0 spiro atoms. The minimum atomic E-state index is -2.60. The predicted molar refractivity (Wildman–Crippen MR) is 128 cm³/mol. The van der Waals surface area contributed by atoms with Crippen LogP contribution in [0.1, 0.15) is 38.3 Å². The second kappa shape index (κ2) is 12.3. The van der Waals surface area contributed by atoms with E-state index in [-0.39, 0.29) is 17.5 Å². The lowest BCUT2D eigenvalue weighted by atomic mass is 9.70. The Hall–Kier alpha value is -2.46. The highest BCUT2D eigenvalue weighted by atomic mass is 16.5. The highest BCUT2D eigenvalue weighted by molar-refractivity contribution is 5.39. The van der Waals surface area contributed by atoms with Crippen molar-refractivity contribution < 1.29 is 40.1 Å². The van der Waals surface area contributed by atoms with E-state index in [0.29, 0.717) is 24.7 Å². The number of rotatable bonds is 13. The molecule has 0 saturated heterocycles. The van der Waals surface area contributed by atoms with Gasteiger partial charge in [0.05, 0.1) is 19.8 Å². The lowest BCUT2D eigenvalue weighted by molar-refractivity contribution is -0.238. The molecule has 6 N–H and O–H groups in total. The molecule has 5 atom stereocenters. The summed E-state index contributed by atoms with van der Waals surface area (Å²) in [5.41, 5.74) is -4.50. The first-order chi connectivity index (χ1) is 16.2. The van der Waals surface area contributed by atoms with E-state index in [1.54, 1.807) is 62.4 Å². The maximum atomic E-state index is 11.8. The molecule has 34 heavy (non-hydrogen) atoms. The van der Waals surface area contributed by atoms with Gasteiger partial charge in [0, 0.05) is 6.42 Å². The first-order valence-electron chi connectivity index (χ1n) is 11.4. The van der Waals surface area contributed by atoms with E-state index < -0.39 is 36.1 Å². The highest BCUT2D eigenvalue weighted by Crippen LogP contribution is 2.43. The third-order valence-electron chi connectivity index (χ3n) is 5.79. The second-order valence-corrected chi connectivity index (χ2v) is 8.04. The van der Waals surface area contributed by atoms with Gasteiger partial charge in [-0.2, -0.15) is 0 Å². The van der Waals surface area contributed by atoms with Crippen molar-refractivity contribution in [1.82, 2.24) is 0 Å². The van der Waals surface area contributed by atoms with Crippen molar-refractivity contribution in [1.29, 1.82) is 0 Å². The fourth-order valence-corrected chi connectivity index (χ4v) is 3.96. The van der Waals surface area contributed by atoms with Crippen molar-refractivity contribution in [3.63, 3.8) is 0 Å². The van der Waals surface area contributed by atoms with E-state index in [1.165, 1.54) is 12.1 Å². The molecule has 0 aliphatic heterocycles. The van der Waals surface area contributed by atoms with Crippen LogP contribution in [0, 0.1) is 0 Å². The number of ether oxygens (including phenoxy) is 2. The van der Waals surface area contributed by atoms with Crippen LogP contribution >= 0.6 is 0 Å². The Morgan fingerprint density at radius 1 is 0.882 bits per heavy atom. The average molecular weight is 477 g/mol. The van der Waals surface area contributed by atoms with Crippen LogP contribution in [0.5, 0.6) is 11.5 Å². The summed E-state index contributed by atoms with van der Waals surface area (Å²) in [6.07, 6.45) is -2.76. The van der Waals surface area contributed by atoms with Gasteiger partial charge in [-0.3, -0.25) is 0 Å². The predicted octanol–water partition coefficient (Wildman–Crippen LogP) is 1.60. The molecule has 188 valence electrons. The summed E-state index contributed by atoms with van der Waals surface area (Å²) in [5, 5.41) is 66.0. The van der Waals surface area contributed by atoms with Crippen LogP contribution in [-0.4, -0.2) is 68.8 Å². The lowest BCUT2D eigenvalue weighted by Crippen LogP contribution is -2.61. The zero-order valence-corrected chi connectivity index (χ0v) is 19.8. The summed E-state index contributed by atoms with van der Waals surface area (Å²) >= 11 is 0. The molecular weight excluding hydrogens is 440 g/mol. The van der Waals surface area contributed by atoms with Crippen molar-refractivity contribution in [3.05, 3.63) is 71.8 Å². The molecule has 0 aliphatic carbocycles. The lowest BCUT2D eigenvalue weighted by Gasteiger charge is -2.46. The standard InChI is InChI=1S/C26H36O8/c1-4-7-14-25(31,18-10-8-12-20(15-18)33-5-2)24(30)26(32,23(29)22(28)17-27)19-11-9-13-21(16-19)34-6-3/h4,7-13,15-16,22-24,27-32H,5-6,14,17H2,1-3H3/b7-4-/t22-,23+,24+,25?,26+/m0/s1. The Kier molecular flexibility index (Phi) is 10.1. The fraction of sp³-hybridized carbons (Fsp3) is 0.462. The Morgan fingerprint density at radius 3 is 1.91 bits per heavy atom. The van der Waals surface area contributed by atoms with Gasteiger partial charge in [0.15, 0.2) is 0 Å². The molecule has 2 aromatic carbocycles. The highest BCUT2D eigenvalue weighted by Gasteiger charge is 2.56. The number of aliphatic hydroxyl groups excluding tert-OH is 4. The van der Waals surface area contributed by atoms with Crippen molar-refractivity contribution >= 4 is 0 Å². The first kappa shape index (κ1) is 27.8. The van der Waals surface area contributed by atoms with E-state index in [9.17, 15) is 30.6 Å². The SMILES string of the molecule is C/C=C\CC(O)(c1cccc(OCC)c1)[C@@H](O)[C@@](O)(c1cccc(OCC)c1)[C@H](O)[C@@H](O)CO. The molecule has 0 bridgehead atoms. The quantitative estimate of drug-likeness (QED) is 0.240. The van der Waals surface area contributed by atoms with E-state index in [0.717, 1.165) is 0 Å². The van der Waals surface area contributed by atoms with Crippen molar-refractivity contribution in [3.8, 4) is 11.5 Å². The van der Waals surface area contributed by atoms with Crippen LogP contribution in [-0.2, 0) is 11.2 Å². The Labute approximate surface area is 200 Å². The van der Waals surface area contributed by atoms with Crippen molar-refractivity contribution in [2.45, 2.75) is 56.7 Å². The topological polar surface area (TPSA) is 140 Å². The van der Waals surface area contributed by atoms with Crippen molar-refractivity contribution in [2.75, 3.05) is 19.8 Å². The number of hydrogen-bond acceptors (Lipinski definition) is 8. The smallest absolute Gasteiger partial charge is 0.147 e. The summed E-state index contributed by atoms with van der Waals surface area (Å²) in [6.45, 7) is 5.17. The Morgan fingerprint density at radius 2 is 1.41 bits per heavy atom. The molecule has 0 heterocycles. The molecule has 0 aromatic heterocycles. The molecular formula is C26H36O8. The molecule has 2 aromatic rings. The molecule has 0 amide bonds. The van der Waals surface area contributed by atoms with Gasteiger partial charge in [0.2, 0.25) is 0 Å². The molecule has 8 heteroatoms. The molecule has 1 unspecified atom stereocenters. The van der Waals surface area contributed by atoms with E-state index in [4.69, 9.17) is 9.47 Å². The van der Waals surface area contributed by atoms with Gasteiger partial charge in [-0.1, -0.05) is 36.4 Å². The fourth-order valence-electron chi connectivity index (χ4n) is 3.96. The molecule has 0 saturated carbocycles. The molecule has 0 aliphatic rings. The van der Waals surface area contributed by atoms with Crippen LogP contribution in [0.3, 0.4) is 0 Å². The summed E-state index contributed by atoms with van der Waals surface area (Å²) in [7, 11) is 0. The van der Waals surface area contributed by atoms with Gasteiger partial charge in [-0.05, 0) is 56.2 Å². The largest absolute Gasteiger partial charge is 0.494 e. The van der Waals surface area contributed by atoms with Crippen LogP contribution in [0.15, 0.2) is 60.7 Å². The Bertz CT molecular complexity index is 933. The second-order valence-electron chi connectivity index (χ2n) is 8.04. The maximum absolute atomic E-state index is 11.8. The zero-order valence-electron chi connectivity index (χ0n) is 19.8. The zero-order chi connectivity index (χ0) is 25.4. The number of hydrogen-bond donors (Lipinski definition) is 6. The molecule has 0 fully saturated rings. The summed E-state index contributed by atoms with van der Waals surface area (Å²) in [5.74, 6) is 0.801. The van der Waals surface area contributed by atoms with Crippen LogP contribution in [0.25, 0.3) is 0 Å². The van der Waals surface area contributed by atoms with Gasteiger partial charge in [-0.15, -0.1) is 0 Å². The van der Waals surface area contributed by atoms with Gasteiger partial charge >= 0.3 is 0 Å². The van der Waals surface area contributed by atoms with Crippen molar-refractivity contribution in [2.24, 2.45) is 0 Å². The maximum Gasteiger partial charge on any atom is 0.147 e. The van der Waals surface area contributed by atoms with Crippen LogP contribution in [0.2, 0.25) is 0 Å². The third kappa shape index (κ3) is 5.78. The van der Waals surface area contributed by atoms with E-state index >= 15 is 0 Å². The van der Waals surface area contributed by atoms with E-state index in [2.05, 4.69) is 0 Å². The molecule has 2 rings (SSSR count). The summed E-state index contributed by atoms with van der Waals surface area (Å²) in [6, 6.07) is 12.5. The number of aliphatic hydroxyl groups is 6. The molecule has 8 nitrogen and oxygen atoms in total.